The van der Waals surface area contributed by atoms with E-state index in [1.165, 1.54) is 19.2 Å². The lowest BCUT2D eigenvalue weighted by molar-refractivity contribution is 0.0946. The normalized spacial score (nSPS) is 10.2. The Bertz CT molecular complexity index is 644. The van der Waals surface area contributed by atoms with Crippen molar-refractivity contribution < 1.29 is 13.9 Å². The second-order valence-corrected chi connectivity index (χ2v) is 4.50. The van der Waals surface area contributed by atoms with Crippen LogP contribution >= 0.6 is 0 Å². The van der Waals surface area contributed by atoms with Crippen molar-refractivity contribution in [3.8, 4) is 5.75 Å². The summed E-state index contributed by atoms with van der Waals surface area (Å²) in [6.45, 7) is 0.695. The van der Waals surface area contributed by atoms with Gasteiger partial charge in [0.05, 0.1) is 12.7 Å². The van der Waals surface area contributed by atoms with E-state index in [2.05, 4.69) is 5.32 Å². The molecule has 5 heteroatoms. The second kappa shape index (κ2) is 6.85. The van der Waals surface area contributed by atoms with Gasteiger partial charge in [-0.2, -0.15) is 0 Å². The number of ether oxygens (including phenoxy) is 1. The molecule has 0 heterocycles. The van der Waals surface area contributed by atoms with Crippen molar-refractivity contribution in [2.75, 3.05) is 7.11 Å². The molecular weight excluding hydrogens is 271 g/mol. The highest BCUT2D eigenvalue weighted by Gasteiger charge is 2.12. The molecule has 0 aliphatic rings. The van der Waals surface area contributed by atoms with Gasteiger partial charge in [0.25, 0.3) is 5.91 Å². The van der Waals surface area contributed by atoms with E-state index in [4.69, 9.17) is 10.5 Å². The number of nitrogens with two attached hydrogens (primary N) is 1. The fourth-order valence-corrected chi connectivity index (χ4v) is 2.01. The number of carbonyl (C=O) groups is 1. The largest absolute Gasteiger partial charge is 0.497 e. The minimum Gasteiger partial charge on any atom is -0.497 e. The molecule has 3 N–H and O–H groups in total. The molecule has 1 amide bonds. The maximum Gasteiger partial charge on any atom is 0.254 e. The van der Waals surface area contributed by atoms with Gasteiger partial charge in [0.2, 0.25) is 0 Å². The van der Waals surface area contributed by atoms with Gasteiger partial charge in [0, 0.05) is 19.2 Å². The van der Waals surface area contributed by atoms with Crippen molar-refractivity contribution >= 4 is 5.91 Å². The summed E-state index contributed by atoms with van der Waals surface area (Å²) in [5, 5.41) is 2.69. The fourth-order valence-electron chi connectivity index (χ4n) is 2.01. The van der Waals surface area contributed by atoms with Gasteiger partial charge in [0.15, 0.2) is 0 Å². The van der Waals surface area contributed by atoms with Gasteiger partial charge in [0.1, 0.15) is 11.6 Å². The smallest absolute Gasteiger partial charge is 0.254 e. The maximum atomic E-state index is 13.8. The average Bonchev–Trinajstić information content (AvgIpc) is 2.52. The molecule has 0 unspecified atom stereocenters. The van der Waals surface area contributed by atoms with Crippen molar-refractivity contribution in [3.05, 3.63) is 65.0 Å². The molecule has 0 saturated heterocycles. The van der Waals surface area contributed by atoms with Gasteiger partial charge in [-0.3, -0.25) is 4.79 Å². The van der Waals surface area contributed by atoms with Crippen LogP contribution in [-0.2, 0) is 13.1 Å². The summed E-state index contributed by atoms with van der Waals surface area (Å²) in [7, 11) is 1.44. The van der Waals surface area contributed by atoms with Crippen LogP contribution < -0.4 is 15.8 Å². The van der Waals surface area contributed by atoms with Crippen LogP contribution in [-0.4, -0.2) is 13.0 Å². The van der Waals surface area contributed by atoms with E-state index in [0.29, 0.717) is 18.8 Å². The molecule has 0 saturated carbocycles. The molecule has 2 aromatic rings. The zero-order valence-electron chi connectivity index (χ0n) is 11.7. The highest BCUT2D eigenvalue weighted by atomic mass is 19.1. The molecule has 0 bridgehead atoms. The number of rotatable bonds is 5. The Morgan fingerprint density at radius 1 is 1.24 bits per heavy atom. The van der Waals surface area contributed by atoms with Crippen molar-refractivity contribution in [2.45, 2.75) is 13.1 Å². The number of amides is 1. The zero-order chi connectivity index (χ0) is 15.2. The molecule has 0 aromatic heterocycles. The SMILES string of the molecule is COc1ccc(C(=O)NCc2ccccc2CN)c(F)c1. The Morgan fingerprint density at radius 2 is 1.95 bits per heavy atom. The molecular formula is C16H17FN2O2. The topological polar surface area (TPSA) is 64.3 Å². The van der Waals surface area contributed by atoms with Gasteiger partial charge in [-0.1, -0.05) is 24.3 Å². The molecule has 0 aliphatic carbocycles. The Kier molecular flexibility index (Phi) is 4.90. The van der Waals surface area contributed by atoms with Crippen LogP contribution in [0.5, 0.6) is 5.75 Å². The van der Waals surface area contributed by atoms with Crippen molar-refractivity contribution in [2.24, 2.45) is 5.73 Å². The standard InChI is InChI=1S/C16H17FN2O2/c1-21-13-6-7-14(15(17)8-13)16(20)19-10-12-5-3-2-4-11(12)9-18/h2-8H,9-10,18H2,1H3,(H,19,20). The highest BCUT2D eigenvalue weighted by molar-refractivity contribution is 5.94. The number of methoxy groups -OCH3 is 1. The minimum absolute atomic E-state index is 0.0129. The van der Waals surface area contributed by atoms with Crippen molar-refractivity contribution in [1.29, 1.82) is 0 Å². The third-order valence-corrected chi connectivity index (χ3v) is 3.20. The Hall–Kier alpha value is -2.40. The van der Waals surface area contributed by atoms with Gasteiger partial charge >= 0.3 is 0 Å². The molecule has 0 atom stereocenters. The van der Waals surface area contributed by atoms with Crippen LogP contribution in [0.25, 0.3) is 0 Å². The average molecular weight is 288 g/mol. The van der Waals surface area contributed by atoms with E-state index in [0.717, 1.165) is 11.1 Å². The van der Waals surface area contributed by atoms with E-state index in [-0.39, 0.29) is 5.56 Å². The van der Waals surface area contributed by atoms with Crippen LogP contribution in [0.2, 0.25) is 0 Å². The monoisotopic (exact) mass is 288 g/mol. The second-order valence-electron chi connectivity index (χ2n) is 4.50. The quantitative estimate of drug-likeness (QED) is 0.886. The molecule has 0 spiro atoms. The number of nitrogens with one attached hydrogen (secondary N) is 1. The maximum absolute atomic E-state index is 13.8. The van der Waals surface area contributed by atoms with Gasteiger partial charge in [-0.05, 0) is 23.3 Å². The lowest BCUT2D eigenvalue weighted by atomic mass is 10.1. The van der Waals surface area contributed by atoms with Gasteiger partial charge < -0.3 is 15.8 Å². The van der Waals surface area contributed by atoms with Crippen LogP contribution in [0.1, 0.15) is 21.5 Å². The molecule has 21 heavy (non-hydrogen) atoms. The summed E-state index contributed by atoms with van der Waals surface area (Å²) in [4.78, 5) is 12.0. The van der Waals surface area contributed by atoms with Crippen LogP contribution in [0.4, 0.5) is 4.39 Å². The summed E-state index contributed by atoms with van der Waals surface area (Å²) in [6.07, 6.45) is 0. The van der Waals surface area contributed by atoms with Gasteiger partial charge in [-0.15, -0.1) is 0 Å². The number of hydrogen-bond donors (Lipinski definition) is 2. The van der Waals surface area contributed by atoms with E-state index in [1.54, 1.807) is 6.07 Å². The molecule has 2 rings (SSSR count). The summed E-state index contributed by atoms with van der Waals surface area (Å²) in [5.74, 6) is -0.710. The predicted molar refractivity (Wildman–Crippen MR) is 78.5 cm³/mol. The summed E-state index contributed by atoms with van der Waals surface area (Å²) in [5.41, 5.74) is 7.50. The number of halogens is 1. The van der Waals surface area contributed by atoms with Crippen molar-refractivity contribution in [1.82, 2.24) is 5.32 Å². The lowest BCUT2D eigenvalue weighted by Crippen LogP contribution is -2.24. The predicted octanol–water partition coefficient (Wildman–Crippen LogP) is 2.22. The first kappa shape index (κ1) is 15.0. The third-order valence-electron chi connectivity index (χ3n) is 3.20. The van der Waals surface area contributed by atoms with Gasteiger partial charge in [-0.25, -0.2) is 4.39 Å². The first-order chi connectivity index (χ1) is 10.2. The minimum atomic E-state index is -0.612. The van der Waals surface area contributed by atoms with Crippen LogP contribution in [0, 0.1) is 5.82 Å². The van der Waals surface area contributed by atoms with Crippen LogP contribution in [0.3, 0.4) is 0 Å². The van der Waals surface area contributed by atoms with E-state index >= 15 is 0 Å². The zero-order valence-corrected chi connectivity index (χ0v) is 11.7. The first-order valence-electron chi connectivity index (χ1n) is 6.54. The number of carbonyl (C=O) groups excluding carboxylic acids is 1. The molecule has 0 aliphatic heterocycles. The van der Waals surface area contributed by atoms with E-state index in [1.807, 2.05) is 24.3 Å². The summed E-state index contributed by atoms with van der Waals surface area (Å²) < 4.78 is 18.7. The Labute approximate surface area is 122 Å². The summed E-state index contributed by atoms with van der Waals surface area (Å²) >= 11 is 0. The number of benzene rings is 2. The van der Waals surface area contributed by atoms with E-state index in [9.17, 15) is 9.18 Å². The Morgan fingerprint density at radius 3 is 2.57 bits per heavy atom. The first-order valence-corrected chi connectivity index (χ1v) is 6.54. The summed E-state index contributed by atoms with van der Waals surface area (Å²) in [6, 6.07) is 11.7. The fraction of sp³-hybridized carbons (Fsp3) is 0.188. The van der Waals surface area contributed by atoms with Crippen LogP contribution in [0.15, 0.2) is 42.5 Å². The van der Waals surface area contributed by atoms with Crippen molar-refractivity contribution in [3.63, 3.8) is 0 Å². The Balaban J connectivity index is 2.08. The molecule has 110 valence electrons. The molecule has 0 fully saturated rings. The van der Waals surface area contributed by atoms with E-state index < -0.39 is 11.7 Å². The third kappa shape index (κ3) is 3.58. The molecule has 2 aromatic carbocycles. The number of hydrogen-bond acceptors (Lipinski definition) is 3. The molecule has 4 nitrogen and oxygen atoms in total. The highest BCUT2D eigenvalue weighted by Crippen LogP contribution is 2.16. The lowest BCUT2D eigenvalue weighted by Gasteiger charge is -2.10. The molecule has 0 radical (unpaired) electrons.